The Bertz CT molecular complexity index is 898. The molecule has 2 aromatic carbocycles. The summed E-state index contributed by atoms with van der Waals surface area (Å²) in [5.74, 6) is -0.270. The van der Waals surface area contributed by atoms with Gasteiger partial charge in [-0.3, -0.25) is 4.79 Å². The third kappa shape index (κ3) is 4.85. The topological polar surface area (TPSA) is 47.6 Å². The average Bonchev–Trinajstić information content (AvgIpc) is 3.03. The predicted octanol–water partition coefficient (Wildman–Crippen LogP) is 5.13. The van der Waals surface area contributed by atoms with Crippen LogP contribution in [0.1, 0.15) is 38.2 Å². The first-order chi connectivity index (χ1) is 14.4. The van der Waals surface area contributed by atoms with E-state index < -0.39 is 5.41 Å². The second-order valence-corrected chi connectivity index (χ2v) is 9.00. The second kappa shape index (κ2) is 9.04. The van der Waals surface area contributed by atoms with E-state index in [2.05, 4.69) is 5.32 Å². The Morgan fingerprint density at radius 3 is 2.77 bits per heavy atom. The van der Waals surface area contributed by atoms with Gasteiger partial charge in [0, 0.05) is 23.2 Å². The van der Waals surface area contributed by atoms with Crippen molar-refractivity contribution in [1.82, 2.24) is 5.32 Å². The van der Waals surface area contributed by atoms with Gasteiger partial charge in [0.15, 0.2) is 6.29 Å². The largest absolute Gasteiger partial charge is 0.353 e. The maximum atomic E-state index is 14.1. The second-order valence-electron chi connectivity index (χ2n) is 8.57. The van der Waals surface area contributed by atoms with Gasteiger partial charge in [0.05, 0.1) is 12.0 Å². The summed E-state index contributed by atoms with van der Waals surface area (Å²) in [7, 11) is 0. The van der Waals surface area contributed by atoms with Gasteiger partial charge < -0.3 is 14.8 Å². The number of rotatable bonds is 6. The molecule has 1 amide bonds. The Labute approximate surface area is 181 Å². The van der Waals surface area contributed by atoms with Crippen molar-refractivity contribution in [2.75, 3.05) is 13.2 Å². The van der Waals surface area contributed by atoms with Crippen LogP contribution >= 0.6 is 11.6 Å². The van der Waals surface area contributed by atoms with E-state index in [0.29, 0.717) is 23.6 Å². The van der Waals surface area contributed by atoms with Crippen molar-refractivity contribution in [2.45, 2.75) is 51.4 Å². The third-order valence-electron chi connectivity index (χ3n) is 5.98. The fourth-order valence-corrected chi connectivity index (χ4v) is 4.41. The normalized spacial score (nSPS) is 26.6. The van der Waals surface area contributed by atoms with Gasteiger partial charge in [0.25, 0.3) is 0 Å². The molecule has 0 radical (unpaired) electrons. The van der Waals surface area contributed by atoms with Crippen LogP contribution in [0.3, 0.4) is 0 Å². The van der Waals surface area contributed by atoms with Crippen LogP contribution in [0.2, 0.25) is 5.02 Å². The lowest BCUT2D eigenvalue weighted by Crippen LogP contribution is -2.36. The van der Waals surface area contributed by atoms with Gasteiger partial charge in [-0.1, -0.05) is 35.9 Å². The molecule has 30 heavy (non-hydrogen) atoms. The minimum atomic E-state index is -0.546. The SMILES string of the molecule is C[C@@]1(COC2CCCCO2)C[C@@H](Cc2ccc(-c3cc(Cl)ccc3F)cc2)NC1=O. The Morgan fingerprint density at radius 1 is 1.23 bits per heavy atom. The van der Waals surface area contributed by atoms with Crippen molar-refractivity contribution in [2.24, 2.45) is 5.41 Å². The molecule has 2 aliphatic heterocycles. The van der Waals surface area contributed by atoms with Crippen LogP contribution in [0, 0.1) is 11.2 Å². The van der Waals surface area contributed by atoms with E-state index >= 15 is 0 Å². The number of carbonyl (C=O) groups excluding carboxylic acids is 1. The van der Waals surface area contributed by atoms with Crippen LogP contribution in [-0.2, 0) is 20.7 Å². The maximum absolute atomic E-state index is 14.1. The molecule has 0 saturated carbocycles. The van der Waals surface area contributed by atoms with Gasteiger partial charge in [-0.25, -0.2) is 4.39 Å². The molecule has 2 aliphatic rings. The van der Waals surface area contributed by atoms with Gasteiger partial charge in [-0.15, -0.1) is 0 Å². The summed E-state index contributed by atoms with van der Waals surface area (Å²) in [6.07, 6.45) is 4.30. The van der Waals surface area contributed by atoms with Crippen molar-refractivity contribution >= 4 is 17.5 Å². The Kier molecular flexibility index (Phi) is 6.42. The molecule has 2 aromatic rings. The molecule has 0 spiro atoms. The van der Waals surface area contributed by atoms with Crippen molar-refractivity contribution in [3.8, 4) is 11.1 Å². The van der Waals surface area contributed by atoms with E-state index in [4.69, 9.17) is 21.1 Å². The van der Waals surface area contributed by atoms with Crippen molar-refractivity contribution in [3.63, 3.8) is 0 Å². The van der Waals surface area contributed by atoms with Gasteiger partial charge in [0.1, 0.15) is 5.82 Å². The van der Waals surface area contributed by atoms with Gasteiger partial charge in [0.2, 0.25) is 5.91 Å². The molecule has 4 nitrogen and oxygen atoms in total. The van der Waals surface area contributed by atoms with E-state index in [1.54, 1.807) is 12.1 Å². The molecular formula is C24H27ClFNO3. The molecule has 0 bridgehead atoms. The molecule has 4 rings (SSSR count). The lowest BCUT2D eigenvalue weighted by Gasteiger charge is -2.27. The van der Waals surface area contributed by atoms with E-state index in [1.807, 2.05) is 31.2 Å². The summed E-state index contributed by atoms with van der Waals surface area (Å²) in [4.78, 5) is 12.6. The summed E-state index contributed by atoms with van der Waals surface area (Å²) in [6.45, 7) is 3.05. The van der Waals surface area contributed by atoms with Crippen LogP contribution in [0.15, 0.2) is 42.5 Å². The maximum Gasteiger partial charge on any atom is 0.228 e. The van der Waals surface area contributed by atoms with Crippen LogP contribution in [0.5, 0.6) is 0 Å². The fraction of sp³-hybridized carbons (Fsp3) is 0.458. The molecule has 6 heteroatoms. The summed E-state index contributed by atoms with van der Waals surface area (Å²) < 4.78 is 25.6. The van der Waals surface area contributed by atoms with Gasteiger partial charge in [-0.05, 0) is 68.4 Å². The highest BCUT2D eigenvalue weighted by Gasteiger charge is 2.43. The van der Waals surface area contributed by atoms with E-state index in [1.165, 1.54) is 6.07 Å². The molecule has 3 atom stereocenters. The van der Waals surface area contributed by atoms with Crippen LogP contribution in [0.25, 0.3) is 11.1 Å². The molecule has 2 fully saturated rings. The number of halogens is 2. The fourth-order valence-electron chi connectivity index (χ4n) is 4.24. The van der Waals surface area contributed by atoms with Gasteiger partial charge in [-0.2, -0.15) is 0 Å². The van der Waals surface area contributed by atoms with Crippen LogP contribution < -0.4 is 5.32 Å². The minimum absolute atomic E-state index is 0.0286. The predicted molar refractivity (Wildman–Crippen MR) is 115 cm³/mol. The first-order valence-corrected chi connectivity index (χ1v) is 10.9. The zero-order chi connectivity index (χ0) is 21.1. The summed E-state index contributed by atoms with van der Waals surface area (Å²) in [5, 5.41) is 3.61. The highest BCUT2D eigenvalue weighted by atomic mass is 35.5. The minimum Gasteiger partial charge on any atom is -0.353 e. The van der Waals surface area contributed by atoms with Crippen LogP contribution in [-0.4, -0.2) is 31.5 Å². The highest BCUT2D eigenvalue weighted by Crippen LogP contribution is 2.33. The Hall–Kier alpha value is -1.95. The first kappa shape index (κ1) is 21.3. The number of amides is 1. The van der Waals surface area contributed by atoms with Gasteiger partial charge >= 0.3 is 0 Å². The molecule has 0 aliphatic carbocycles. The van der Waals surface area contributed by atoms with E-state index in [0.717, 1.165) is 43.4 Å². The number of hydrogen-bond acceptors (Lipinski definition) is 3. The number of hydrogen-bond donors (Lipinski definition) is 1. The molecule has 0 aromatic heterocycles. The Morgan fingerprint density at radius 2 is 2.03 bits per heavy atom. The first-order valence-electron chi connectivity index (χ1n) is 10.5. The zero-order valence-corrected chi connectivity index (χ0v) is 17.9. The summed E-state index contributed by atoms with van der Waals surface area (Å²) >= 11 is 6.00. The molecule has 160 valence electrons. The number of carbonyl (C=O) groups is 1. The van der Waals surface area contributed by atoms with E-state index in [-0.39, 0.29) is 24.1 Å². The van der Waals surface area contributed by atoms with Crippen molar-refractivity contribution in [1.29, 1.82) is 0 Å². The molecule has 1 N–H and O–H groups in total. The van der Waals surface area contributed by atoms with Crippen molar-refractivity contribution in [3.05, 3.63) is 58.9 Å². The number of benzene rings is 2. The van der Waals surface area contributed by atoms with E-state index in [9.17, 15) is 9.18 Å². The average molecular weight is 432 g/mol. The molecule has 1 unspecified atom stereocenters. The molecule has 2 saturated heterocycles. The number of ether oxygens (including phenoxy) is 2. The molecule has 2 heterocycles. The zero-order valence-electron chi connectivity index (χ0n) is 17.1. The quantitative estimate of drug-likeness (QED) is 0.690. The lowest BCUT2D eigenvalue weighted by atomic mass is 9.86. The molecular weight excluding hydrogens is 405 g/mol. The Balaban J connectivity index is 1.36. The highest BCUT2D eigenvalue weighted by molar-refractivity contribution is 6.30. The standard InChI is InChI=1S/C24H27ClFNO3/c1-24(15-30-22-4-2-3-11-29-22)14-19(27-23(24)28)12-16-5-7-17(8-6-16)20-13-18(25)9-10-21(20)26/h5-10,13,19,22H,2-4,11-12,14-15H2,1H3,(H,27,28)/t19-,22?,24+/m1/s1. The van der Waals surface area contributed by atoms with Crippen LogP contribution in [0.4, 0.5) is 4.39 Å². The summed E-state index contributed by atoms with van der Waals surface area (Å²) in [5.41, 5.74) is 1.81. The third-order valence-corrected chi connectivity index (χ3v) is 6.22. The number of nitrogens with one attached hydrogen (secondary N) is 1. The monoisotopic (exact) mass is 431 g/mol. The lowest BCUT2D eigenvalue weighted by molar-refractivity contribution is -0.178. The smallest absolute Gasteiger partial charge is 0.228 e. The summed E-state index contributed by atoms with van der Waals surface area (Å²) in [6, 6.07) is 12.3. The van der Waals surface area contributed by atoms with Crippen molar-refractivity contribution < 1.29 is 18.7 Å².